The van der Waals surface area contributed by atoms with Gasteiger partial charge in [-0.2, -0.15) is 9.97 Å². The zero-order valence-electron chi connectivity index (χ0n) is 12.1. The first-order valence-corrected chi connectivity index (χ1v) is 7.13. The Kier molecular flexibility index (Phi) is 4.31. The molecule has 2 heterocycles. The summed E-state index contributed by atoms with van der Waals surface area (Å²) >= 11 is 12.3. The van der Waals surface area contributed by atoms with Gasteiger partial charge >= 0.3 is 12.0 Å². The number of ether oxygens (including phenoxy) is 2. The standard InChI is InChI=1S/C14H10Cl2N4O3/c1-21-13-17-12(18-14(19-13)22-2)10-6-9(20-23-10)11-7(15)4-3-5-8(11)16/h3-6H,1-2H3. The van der Waals surface area contributed by atoms with Crippen LogP contribution < -0.4 is 9.47 Å². The zero-order valence-corrected chi connectivity index (χ0v) is 13.6. The van der Waals surface area contributed by atoms with Crippen LogP contribution in [0.1, 0.15) is 0 Å². The van der Waals surface area contributed by atoms with E-state index in [0.717, 1.165) is 0 Å². The van der Waals surface area contributed by atoms with Crippen LogP contribution >= 0.6 is 23.2 Å². The van der Waals surface area contributed by atoms with E-state index in [1.165, 1.54) is 14.2 Å². The van der Waals surface area contributed by atoms with E-state index in [1.54, 1.807) is 24.3 Å². The first-order valence-electron chi connectivity index (χ1n) is 6.38. The molecular formula is C14H10Cl2N4O3. The summed E-state index contributed by atoms with van der Waals surface area (Å²) in [5, 5.41) is 4.89. The predicted molar refractivity (Wildman–Crippen MR) is 83.9 cm³/mol. The number of halogens is 2. The highest BCUT2D eigenvalue weighted by Crippen LogP contribution is 2.35. The number of benzene rings is 1. The van der Waals surface area contributed by atoms with Crippen molar-refractivity contribution in [1.29, 1.82) is 0 Å². The molecule has 0 aliphatic carbocycles. The molecular weight excluding hydrogens is 343 g/mol. The number of methoxy groups -OCH3 is 2. The van der Waals surface area contributed by atoms with Crippen molar-refractivity contribution in [3.63, 3.8) is 0 Å². The van der Waals surface area contributed by atoms with E-state index in [4.69, 9.17) is 37.2 Å². The van der Waals surface area contributed by atoms with E-state index in [9.17, 15) is 0 Å². The molecule has 2 aromatic heterocycles. The molecule has 0 fully saturated rings. The second-order valence-corrected chi connectivity index (χ2v) is 5.12. The molecule has 0 unspecified atom stereocenters. The molecule has 0 atom stereocenters. The van der Waals surface area contributed by atoms with Gasteiger partial charge in [-0.1, -0.05) is 34.4 Å². The first kappa shape index (κ1) is 15.5. The third kappa shape index (κ3) is 3.06. The van der Waals surface area contributed by atoms with Crippen molar-refractivity contribution >= 4 is 23.2 Å². The lowest BCUT2D eigenvalue weighted by molar-refractivity contribution is 0.339. The second kappa shape index (κ2) is 6.39. The molecule has 0 radical (unpaired) electrons. The van der Waals surface area contributed by atoms with Crippen molar-refractivity contribution in [3.05, 3.63) is 34.3 Å². The Labute approximate surface area is 141 Å². The highest BCUT2D eigenvalue weighted by Gasteiger charge is 2.18. The van der Waals surface area contributed by atoms with Crippen LogP contribution in [0.15, 0.2) is 28.8 Å². The zero-order chi connectivity index (χ0) is 16.4. The summed E-state index contributed by atoms with van der Waals surface area (Å²) in [6.45, 7) is 0. The Morgan fingerprint density at radius 3 is 2.13 bits per heavy atom. The number of aromatic nitrogens is 4. The topological polar surface area (TPSA) is 83.2 Å². The van der Waals surface area contributed by atoms with Gasteiger partial charge in [0.05, 0.1) is 24.3 Å². The third-order valence-corrected chi connectivity index (χ3v) is 3.54. The van der Waals surface area contributed by atoms with Gasteiger partial charge in [0.2, 0.25) is 11.6 Å². The lowest BCUT2D eigenvalue weighted by atomic mass is 10.1. The van der Waals surface area contributed by atoms with E-state index in [0.29, 0.717) is 27.1 Å². The van der Waals surface area contributed by atoms with E-state index in [1.807, 2.05) is 0 Å². The predicted octanol–water partition coefficient (Wildman–Crippen LogP) is 3.52. The van der Waals surface area contributed by atoms with Gasteiger partial charge in [0.25, 0.3) is 0 Å². The molecule has 0 N–H and O–H groups in total. The molecule has 1 aromatic carbocycles. The van der Waals surface area contributed by atoms with Crippen LogP contribution in [0.3, 0.4) is 0 Å². The molecule has 0 saturated heterocycles. The summed E-state index contributed by atoms with van der Waals surface area (Å²) in [6, 6.07) is 7.00. The van der Waals surface area contributed by atoms with Crippen LogP contribution in [0.5, 0.6) is 12.0 Å². The monoisotopic (exact) mass is 352 g/mol. The van der Waals surface area contributed by atoms with E-state index in [2.05, 4.69) is 20.1 Å². The van der Waals surface area contributed by atoms with Gasteiger partial charge in [0, 0.05) is 11.6 Å². The van der Waals surface area contributed by atoms with Crippen LogP contribution in [0.2, 0.25) is 10.0 Å². The summed E-state index contributed by atoms with van der Waals surface area (Å²) in [7, 11) is 2.88. The van der Waals surface area contributed by atoms with E-state index < -0.39 is 0 Å². The molecule has 118 valence electrons. The Balaban J connectivity index is 2.06. The molecule has 3 rings (SSSR count). The minimum Gasteiger partial charge on any atom is -0.467 e. The number of hydrogen-bond donors (Lipinski definition) is 0. The molecule has 0 amide bonds. The number of hydrogen-bond acceptors (Lipinski definition) is 7. The summed E-state index contributed by atoms with van der Waals surface area (Å²) in [5.74, 6) is 0.519. The molecule has 3 aromatic rings. The van der Waals surface area contributed by atoms with Crippen LogP contribution in [-0.4, -0.2) is 34.3 Å². The third-order valence-electron chi connectivity index (χ3n) is 2.91. The molecule has 0 aliphatic heterocycles. The quantitative estimate of drug-likeness (QED) is 0.710. The van der Waals surface area contributed by atoms with Crippen molar-refractivity contribution < 1.29 is 14.0 Å². The maximum Gasteiger partial charge on any atom is 0.323 e. The minimum atomic E-state index is 0.0978. The van der Waals surface area contributed by atoms with Crippen molar-refractivity contribution in [3.8, 4) is 34.9 Å². The highest BCUT2D eigenvalue weighted by atomic mass is 35.5. The van der Waals surface area contributed by atoms with Gasteiger partial charge in [-0.15, -0.1) is 4.98 Å². The SMILES string of the molecule is COc1nc(OC)nc(-c2cc(-c3c(Cl)cccc3Cl)no2)n1. The van der Waals surface area contributed by atoms with E-state index >= 15 is 0 Å². The summed E-state index contributed by atoms with van der Waals surface area (Å²) in [5.41, 5.74) is 1.03. The Bertz CT molecular complexity index is 811. The van der Waals surface area contributed by atoms with Gasteiger partial charge < -0.3 is 14.0 Å². The van der Waals surface area contributed by atoms with Crippen molar-refractivity contribution in [2.24, 2.45) is 0 Å². The van der Waals surface area contributed by atoms with Crippen molar-refractivity contribution in [1.82, 2.24) is 20.1 Å². The average Bonchev–Trinajstić information content (AvgIpc) is 3.04. The average molecular weight is 353 g/mol. The maximum absolute atomic E-state index is 6.17. The van der Waals surface area contributed by atoms with Crippen LogP contribution in [0.4, 0.5) is 0 Å². The number of rotatable bonds is 4. The molecule has 9 heteroatoms. The van der Waals surface area contributed by atoms with Gasteiger partial charge in [-0.25, -0.2) is 0 Å². The Morgan fingerprint density at radius 2 is 1.57 bits per heavy atom. The smallest absolute Gasteiger partial charge is 0.323 e. The summed E-state index contributed by atoms with van der Waals surface area (Å²) in [4.78, 5) is 12.1. The molecule has 23 heavy (non-hydrogen) atoms. The van der Waals surface area contributed by atoms with E-state index in [-0.39, 0.29) is 17.8 Å². The molecule has 0 bridgehead atoms. The highest BCUT2D eigenvalue weighted by molar-refractivity contribution is 6.39. The lowest BCUT2D eigenvalue weighted by Gasteiger charge is -2.02. The minimum absolute atomic E-state index is 0.0978. The largest absolute Gasteiger partial charge is 0.467 e. The van der Waals surface area contributed by atoms with Gasteiger partial charge in [-0.05, 0) is 12.1 Å². The van der Waals surface area contributed by atoms with Gasteiger partial charge in [-0.3, -0.25) is 0 Å². The van der Waals surface area contributed by atoms with Gasteiger partial charge in [0.1, 0.15) is 5.69 Å². The fourth-order valence-electron chi connectivity index (χ4n) is 1.87. The molecule has 0 aliphatic rings. The van der Waals surface area contributed by atoms with Crippen molar-refractivity contribution in [2.75, 3.05) is 14.2 Å². The summed E-state index contributed by atoms with van der Waals surface area (Å²) in [6.07, 6.45) is 0. The number of nitrogens with zero attached hydrogens (tertiary/aromatic N) is 4. The van der Waals surface area contributed by atoms with Crippen LogP contribution in [0, 0.1) is 0 Å². The fraction of sp³-hybridized carbons (Fsp3) is 0.143. The Morgan fingerprint density at radius 1 is 0.957 bits per heavy atom. The van der Waals surface area contributed by atoms with Gasteiger partial charge in [0.15, 0.2) is 0 Å². The van der Waals surface area contributed by atoms with Crippen molar-refractivity contribution in [2.45, 2.75) is 0 Å². The Hall–Kier alpha value is -2.38. The molecule has 0 spiro atoms. The normalized spacial score (nSPS) is 10.6. The molecule has 0 saturated carbocycles. The maximum atomic E-state index is 6.17. The van der Waals surface area contributed by atoms with Crippen LogP contribution in [-0.2, 0) is 0 Å². The fourth-order valence-corrected chi connectivity index (χ4v) is 2.46. The first-order chi connectivity index (χ1) is 11.1. The summed E-state index contributed by atoms with van der Waals surface area (Å²) < 4.78 is 15.3. The lowest BCUT2D eigenvalue weighted by Crippen LogP contribution is -2.00. The second-order valence-electron chi connectivity index (χ2n) is 4.31. The molecule has 7 nitrogen and oxygen atoms in total. The van der Waals surface area contributed by atoms with Crippen LogP contribution in [0.25, 0.3) is 22.8 Å².